The largest absolute Gasteiger partial charge is 0.494 e. The summed E-state index contributed by atoms with van der Waals surface area (Å²) in [5.41, 5.74) is 3.88. The smallest absolute Gasteiger partial charge is 0.120 e. The average molecular weight is 265 g/mol. The molecule has 0 bridgehead atoms. The first-order valence-corrected chi connectivity index (χ1v) is 7.03. The first-order valence-electron chi connectivity index (χ1n) is 7.03. The second-order valence-electron chi connectivity index (χ2n) is 5.09. The molecule has 0 aliphatic heterocycles. The lowest BCUT2D eigenvalue weighted by atomic mass is 10.1. The van der Waals surface area contributed by atoms with Crippen LogP contribution < -0.4 is 4.74 Å². The van der Waals surface area contributed by atoms with Gasteiger partial charge in [0.15, 0.2) is 0 Å². The molecule has 0 unspecified atom stereocenters. The molecule has 0 saturated heterocycles. The first-order chi connectivity index (χ1) is 9.76. The lowest BCUT2D eigenvalue weighted by Crippen LogP contribution is -1.98. The summed E-state index contributed by atoms with van der Waals surface area (Å²) in [6.45, 7) is 5.74. The van der Waals surface area contributed by atoms with Gasteiger partial charge in [0.1, 0.15) is 5.75 Å². The molecular formula is C18H19NO. The minimum absolute atomic E-state index is 0.704. The molecule has 0 fully saturated rings. The Bertz CT molecular complexity index is 727. The van der Waals surface area contributed by atoms with Crippen LogP contribution in [0.2, 0.25) is 0 Å². The van der Waals surface area contributed by atoms with Crippen molar-refractivity contribution in [2.45, 2.75) is 20.4 Å². The number of aryl methyl sites for hydroxylation is 1. The topological polar surface area (TPSA) is 14.2 Å². The van der Waals surface area contributed by atoms with Crippen molar-refractivity contribution in [3.8, 4) is 5.75 Å². The molecule has 1 aromatic heterocycles. The van der Waals surface area contributed by atoms with Crippen LogP contribution in [0.3, 0.4) is 0 Å². The van der Waals surface area contributed by atoms with Crippen LogP contribution in [0, 0.1) is 6.92 Å². The van der Waals surface area contributed by atoms with Gasteiger partial charge < -0.3 is 9.30 Å². The van der Waals surface area contributed by atoms with E-state index in [-0.39, 0.29) is 0 Å². The lowest BCUT2D eigenvalue weighted by molar-refractivity contribution is 0.340. The highest BCUT2D eigenvalue weighted by molar-refractivity contribution is 5.81. The molecule has 3 aromatic rings. The van der Waals surface area contributed by atoms with E-state index in [9.17, 15) is 0 Å². The zero-order chi connectivity index (χ0) is 13.9. The molecule has 3 rings (SSSR count). The van der Waals surface area contributed by atoms with Crippen molar-refractivity contribution in [3.05, 3.63) is 65.9 Å². The fourth-order valence-corrected chi connectivity index (χ4v) is 2.58. The van der Waals surface area contributed by atoms with E-state index in [2.05, 4.69) is 60.2 Å². The number of aromatic nitrogens is 1. The zero-order valence-electron chi connectivity index (χ0n) is 12.0. The van der Waals surface area contributed by atoms with Crippen molar-refractivity contribution in [2.24, 2.45) is 0 Å². The molecule has 0 saturated carbocycles. The Labute approximate surface area is 119 Å². The highest BCUT2D eigenvalue weighted by Crippen LogP contribution is 2.23. The molecule has 20 heavy (non-hydrogen) atoms. The van der Waals surface area contributed by atoms with Crippen LogP contribution in [0.5, 0.6) is 5.75 Å². The van der Waals surface area contributed by atoms with Gasteiger partial charge in [0.05, 0.1) is 6.61 Å². The van der Waals surface area contributed by atoms with E-state index in [1.165, 1.54) is 22.0 Å². The highest BCUT2D eigenvalue weighted by atomic mass is 16.5. The molecule has 0 aliphatic carbocycles. The fraction of sp³-hybridized carbons (Fsp3) is 0.222. The number of hydrogen-bond donors (Lipinski definition) is 0. The van der Waals surface area contributed by atoms with Gasteiger partial charge in [0, 0.05) is 23.6 Å². The predicted molar refractivity (Wildman–Crippen MR) is 83.4 cm³/mol. The van der Waals surface area contributed by atoms with Gasteiger partial charge in [-0.05, 0) is 43.7 Å². The quantitative estimate of drug-likeness (QED) is 0.682. The van der Waals surface area contributed by atoms with E-state index in [0.717, 1.165) is 12.3 Å². The highest BCUT2D eigenvalue weighted by Gasteiger charge is 2.03. The van der Waals surface area contributed by atoms with Crippen molar-refractivity contribution in [1.29, 1.82) is 0 Å². The van der Waals surface area contributed by atoms with Crippen molar-refractivity contribution in [1.82, 2.24) is 4.57 Å². The van der Waals surface area contributed by atoms with Crippen molar-refractivity contribution < 1.29 is 4.74 Å². The number of nitrogens with zero attached hydrogens (tertiary/aromatic N) is 1. The standard InChI is InChI=1S/C18H19NO/c1-3-20-17-7-8-18-16(12-17)9-10-19(18)13-15-6-4-5-14(2)11-15/h4-12H,3,13H2,1-2H3. The van der Waals surface area contributed by atoms with Gasteiger partial charge in [-0.15, -0.1) is 0 Å². The summed E-state index contributed by atoms with van der Waals surface area (Å²) in [6, 6.07) is 17.1. The van der Waals surface area contributed by atoms with Crippen LogP contribution in [0.4, 0.5) is 0 Å². The van der Waals surface area contributed by atoms with E-state index >= 15 is 0 Å². The Hall–Kier alpha value is -2.22. The molecule has 0 spiro atoms. The molecule has 2 aromatic carbocycles. The molecule has 2 heteroatoms. The molecule has 0 atom stereocenters. The number of ether oxygens (including phenoxy) is 1. The second kappa shape index (κ2) is 5.41. The lowest BCUT2D eigenvalue weighted by Gasteiger charge is -2.08. The summed E-state index contributed by atoms with van der Waals surface area (Å²) in [5.74, 6) is 0.938. The Balaban J connectivity index is 1.92. The van der Waals surface area contributed by atoms with Crippen molar-refractivity contribution >= 4 is 10.9 Å². The van der Waals surface area contributed by atoms with Gasteiger partial charge in [-0.3, -0.25) is 0 Å². The minimum Gasteiger partial charge on any atom is -0.494 e. The molecule has 1 heterocycles. The zero-order valence-corrected chi connectivity index (χ0v) is 12.0. The van der Waals surface area contributed by atoms with E-state index < -0.39 is 0 Å². The summed E-state index contributed by atoms with van der Waals surface area (Å²) in [6.07, 6.45) is 2.14. The summed E-state index contributed by atoms with van der Waals surface area (Å²) in [7, 11) is 0. The number of hydrogen-bond acceptors (Lipinski definition) is 1. The maximum Gasteiger partial charge on any atom is 0.120 e. The minimum atomic E-state index is 0.704. The monoisotopic (exact) mass is 265 g/mol. The molecule has 0 aliphatic rings. The number of fused-ring (bicyclic) bond motifs is 1. The molecule has 102 valence electrons. The van der Waals surface area contributed by atoms with Gasteiger partial charge in [-0.25, -0.2) is 0 Å². The predicted octanol–water partition coefficient (Wildman–Crippen LogP) is 4.40. The maximum absolute atomic E-state index is 5.55. The van der Waals surface area contributed by atoms with Crippen LogP contribution in [0.1, 0.15) is 18.1 Å². The van der Waals surface area contributed by atoms with Crippen molar-refractivity contribution in [2.75, 3.05) is 6.61 Å². The summed E-state index contributed by atoms with van der Waals surface area (Å²) >= 11 is 0. The molecule has 0 radical (unpaired) electrons. The van der Waals surface area contributed by atoms with E-state index in [1.54, 1.807) is 0 Å². The fourth-order valence-electron chi connectivity index (χ4n) is 2.58. The van der Waals surface area contributed by atoms with Gasteiger partial charge in [0.2, 0.25) is 0 Å². The summed E-state index contributed by atoms with van der Waals surface area (Å²) in [4.78, 5) is 0. The number of benzene rings is 2. The Morgan fingerprint density at radius 1 is 1.05 bits per heavy atom. The normalized spacial score (nSPS) is 10.9. The average Bonchev–Trinajstić information content (AvgIpc) is 2.82. The summed E-state index contributed by atoms with van der Waals surface area (Å²) in [5, 5.41) is 1.23. The Morgan fingerprint density at radius 3 is 2.75 bits per heavy atom. The van der Waals surface area contributed by atoms with Crippen LogP contribution in [-0.4, -0.2) is 11.2 Å². The molecule has 0 amide bonds. The second-order valence-corrected chi connectivity index (χ2v) is 5.09. The van der Waals surface area contributed by atoms with Crippen LogP contribution in [-0.2, 0) is 6.54 Å². The van der Waals surface area contributed by atoms with Gasteiger partial charge >= 0.3 is 0 Å². The van der Waals surface area contributed by atoms with E-state index in [1.807, 2.05) is 13.0 Å². The Morgan fingerprint density at radius 2 is 1.95 bits per heavy atom. The van der Waals surface area contributed by atoms with E-state index in [4.69, 9.17) is 4.74 Å². The van der Waals surface area contributed by atoms with Crippen molar-refractivity contribution in [3.63, 3.8) is 0 Å². The van der Waals surface area contributed by atoms with Gasteiger partial charge in [-0.2, -0.15) is 0 Å². The molecular weight excluding hydrogens is 246 g/mol. The Kier molecular flexibility index (Phi) is 3.46. The SMILES string of the molecule is CCOc1ccc2c(ccn2Cc2cccc(C)c2)c1. The molecule has 2 nitrogen and oxygen atoms in total. The third kappa shape index (κ3) is 2.55. The van der Waals surface area contributed by atoms with Gasteiger partial charge in [-0.1, -0.05) is 29.8 Å². The maximum atomic E-state index is 5.55. The van der Waals surface area contributed by atoms with Crippen LogP contribution >= 0.6 is 0 Å². The van der Waals surface area contributed by atoms with E-state index in [0.29, 0.717) is 6.61 Å². The third-order valence-electron chi connectivity index (χ3n) is 3.49. The van der Waals surface area contributed by atoms with Crippen LogP contribution in [0.15, 0.2) is 54.7 Å². The third-order valence-corrected chi connectivity index (χ3v) is 3.49. The molecule has 0 N–H and O–H groups in total. The summed E-state index contributed by atoms with van der Waals surface area (Å²) < 4.78 is 7.83. The van der Waals surface area contributed by atoms with Gasteiger partial charge in [0.25, 0.3) is 0 Å². The number of rotatable bonds is 4. The van der Waals surface area contributed by atoms with Crippen LogP contribution in [0.25, 0.3) is 10.9 Å². The first kappa shape index (κ1) is 12.8.